The van der Waals surface area contributed by atoms with Gasteiger partial charge in [0.15, 0.2) is 0 Å². The highest BCUT2D eigenvalue weighted by Gasteiger charge is 2.68. The van der Waals surface area contributed by atoms with Gasteiger partial charge in [-0.2, -0.15) is 0 Å². The number of cyclic esters (lactones) is 2. The van der Waals surface area contributed by atoms with Gasteiger partial charge in [-0.25, -0.2) is 9.59 Å². The number of allylic oxidation sites excluding steroid dienone is 5. The predicted molar refractivity (Wildman–Crippen MR) is 207 cm³/mol. The summed E-state index contributed by atoms with van der Waals surface area (Å²) in [6.45, 7) is 2.12. The third kappa shape index (κ3) is 5.97. The van der Waals surface area contributed by atoms with Crippen LogP contribution in [0.4, 0.5) is 0 Å². The summed E-state index contributed by atoms with van der Waals surface area (Å²) in [6.07, 6.45) is 12.9. The van der Waals surface area contributed by atoms with Crippen LogP contribution in [0.3, 0.4) is 0 Å². The highest BCUT2D eigenvalue weighted by Crippen LogP contribution is 2.72. The Hall–Kier alpha value is -4.72. The zero-order chi connectivity index (χ0) is 36.8. The highest BCUT2D eigenvalue weighted by molar-refractivity contribution is 6.07. The number of aliphatic hydroxyl groups is 1. The molecule has 278 valence electrons. The molecule has 10 rings (SSSR count). The van der Waals surface area contributed by atoms with E-state index in [4.69, 9.17) is 9.47 Å². The summed E-state index contributed by atoms with van der Waals surface area (Å²) in [4.78, 5) is 28.9. The molecule has 3 aromatic carbocycles. The lowest BCUT2D eigenvalue weighted by Gasteiger charge is -2.56. The fraction of sp³-hybridized carbons (Fsp3) is 0.404. The molecule has 4 aliphatic carbocycles. The minimum atomic E-state index is -0.875. The number of phenolic OH excluding ortho intramolecular Hbond substituents is 1. The van der Waals surface area contributed by atoms with Gasteiger partial charge in [-0.1, -0.05) is 66.7 Å². The smallest absolute Gasteiger partial charge is 0.340 e. The Morgan fingerprint density at radius 3 is 2.43 bits per heavy atom. The van der Waals surface area contributed by atoms with Gasteiger partial charge in [0.2, 0.25) is 0 Å². The largest absolute Gasteiger partial charge is 0.508 e. The fourth-order valence-corrected chi connectivity index (χ4v) is 11.0. The van der Waals surface area contributed by atoms with Crippen molar-refractivity contribution in [2.75, 3.05) is 19.7 Å². The lowest BCUT2D eigenvalue weighted by Crippen LogP contribution is -2.52. The Bertz CT molecular complexity index is 2070. The second kappa shape index (κ2) is 14.5. The van der Waals surface area contributed by atoms with Crippen molar-refractivity contribution in [1.29, 1.82) is 0 Å². The minimum absolute atomic E-state index is 0.00117. The van der Waals surface area contributed by atoms with E-state index in [0.717, 1.165) is 84.2 Å². The first kappa shape index (κ1) is 35.0. The molecule has 1 spiro atoms. The molecular formula is C47H49NO6. The van der Waals surface area contributed by atoms with E-state index in [2.05, 4.69) is 41.7 Å². The number of carbonyl (C=O) groups excluding carboxylic acids is 2. The summed E-state index contributed by atoms with van der Waals surface area (Å²) in [5, 5.41) is 24.7. The van der Waals surface area contributed by atoms with Crippen LogP contribution in [0.15, 0.2) is 119 Å². The quantitative estimate of drug-likeness (QED) is 0.180. The molecule has 3 aliphatic heterocycles. The molecule has 3 heterocycles. The lowest BCUT2D eigenvalue weighted by molar-refractivity contribution is -0.135. The second-order valence-electron chi connectivity index (χ2n) is 16.2. The van der Waals surface area contributed by atoms with E-state index in [0.29, 0.717) is 42.3 Å². The number of aromatic hydroxyl groups is 1. The summed E-state index contributed by atoms with van der Waals surface area (Å²) >= 11 is 0. The molecule has 0 aromatic heterocycles. The number of piperidine rings is 1. The first-order chi connectivity index (χ1) is 26.5. The van der Waals surface area contributed by atoms with Crippen molar-refractivity contribution >= 4 is 17.5 Å². The lowest BCUT2D eigenvalue weighted by atomic mass is 9.44. The molecule has 5 atom stereocenters. The van der Waals surface area contributed by atoms with Gasteiger partial charge in [-0.05, 0) is 153 Å². The Morgan fingerprint density at radius 2 is 1.65 bits per heavy atom. The van der Waals surface area contributed by atoms with Crippen LogP contribution in [0.25, 0.3) is 16.7 Å². The number of fused-ring (bicyclic) bond motifs is 1. The van der Waals surface area contributed by atoms with Gasteiger partial charge in [0, 0.05) is 23.7 Å². The summed E-state index contributed by atoms with van der Waals surface area (Å²) < 4.78 is 12.7. The third-order valence-corrected chi connectivity index (χ3v) is 13.3. The molecule has 3 aromatic rings. The van der Waals surface area contributed by atoms with Crippen molar-refractivity contribution in [1.82, 2.24) is 5.32 Å². The van der Waals surface area contributed by atoms with Gasteiger partial charge in [0.1, 0.15) is 17.3 Å². The van der Waals surface area contributed by atoms with Gasteiger partial charge in [-0.15, -0.1) is 0 Å². The third-order valence-electron chi connectivity index (χ3n) is 13.3. The SMILES string of the molecule is O=C1OC(=CCCC2CCNCC2)C2=C1[C@H]1[C@@H](CC2)[C@H]2CC[C@]13C(=C2c1cc(O)ccc1-c1ccccc1)C(=O)O/C3=C\[C@@H](CCO)Cc1ccccc1. The molecule has 2 saturated heterocycles. The molecule has 1 saturated carbocycles. The maximum Gasteiger partial charge on any atom is 0.340 e. The van der Waals surface area contributed by atoms with Crippen LogP contribution in [0, 0.1) is 35.0 Å². The molecule has 0 unspecified atom stereocenters. The maximum absolute atomic E-state index is 14.6. The molecule has 0 radical (unpaired) electrons. The van der Waals surface area contributed by atoms with E-state index in [1.165, 1.54) is 12.8 Å². The van der Waals surface area contributed by atoms with Crippen molar-refractivity contribution in [3.8, 4) is 16.9 Å². The van der Waals surface area contributed by atoms with Crippen LogP contribution in [-0.2, 0) is 25.5 Å². The summed E-state index contributed by atoms with van der Waals surface area (Å²) in [5.74, 6) is 1.19. The van der Waals surface area contributed by atoms with Crippen LogP contribution >= 0.6 is 0 Å². The van der Waals surface area contributed by atoms with Crippen molar-refractivity contribution in [2.45, 2.75) is 64.2 Å². The summed E-state index contributed by atoms with van der Waals surface area (Å²) in [5.41, 5.74) is 6.39. The Balaban J connectivity index is 1.21. The summed E-state index contributed by atoms with van der Waals surface area (Å²) in [6, 6.07) is 25.8. The molecule has 7 aliphatic rings. The standard InChI is InChI=1S/C47H49NO6/c49-25-21-31(26-30-8-3-1-4-9-30)27-40-47-22-18-35(41(44(47)46(52)54-40)38-28-33(50)14-15-34(38)32-11-5-2-6-12-32)36-16-17-37-39(53-45(51)42(37)43(36)47)13-7-10-29-19-23-48-24-20-29/h1-6,8-9,11-15,27-29,31,35-36,43,48-50H,7,10,16-26H2/b39-13?,40-27-/t31-,35+,36-,43+,47+/m0/s1. The number of phenols is 1. The number of hydrogen-bond donors (Lipinski definition) is 3. The van der Waals surface area contributed by atoms with Gasteiger partial charge >= 0.3 is 11.9 Å². The first-order valence-corrected chi connectivity index (χ1v) is 20.1. The van der Waals surface area contributed by atoms with E-state index < -0.39 is 5.41 Å². The zero-order valence-electron chi connectivity index (χ0n) is 30.8. The average molecular weight is 724 g/mol. The highest BCUT2D eigenvalue weighted by atomic mass is 16.5. The van der Waals surface area contributed by atoms with Gasteiger partial charge < -0.3 is 25.0 Å². The Labute approximate surface area is 317 Å². The number of carbonyl (C=O) groups is 2. The number of aliphatic hydroxyl groups excluding tert-OH is 1. The number of hydrogen-bond acceptors (Lipinski definition) is 7. The fourth-order valence-electron chi connectivity index (χ4n) is 11.0. The Morgan fingerprint density at radius 1 is 0.870 bits per heavy atom. The molecule has 3 N–H and O–H groups in total. The molecule has 2 bridgehead atoms. The molecule has 0 amide bonds. The van der Waals surface area contributed by atoms with E-state index in [1.54, 1.807) is 6.07 Å². The number of ether oxygens (including phenoxy) is 2. The van der Waals surface area contributed by atoms with Crippen molar-refractivity contribution in [2.24, 2.45) is 35.0 Å². The molecule has 54 heavy (non-hydrogen) atoms. The van der Waals surface area contributed by atoms with E-state index in [-0.39, 0.29) is 48.0 Å². The topological polar surface area (TPSA) is 105 Å². The monoisotopic (exact) mass is 723 g/mol. The van der Waals surface area contributed by atoms with Crippen LogP contribution in [0.1, 0.15) is 68.9 Å². The van der Waals surface area contributed by atoms with Crippen molar-refractivity contribution in [3.05, 3.63) is 130 Å². The van der Waals surface area contributed by atoms with E-state index >= 15 is 0 Å². The molecule has 3 fully saturated rings. The first-order valence-electron chi connectivity index (χ1n) is 20.1. The minimum Gasteiger partial charge on any atom is -0.508 e. The average Bonchev–Trinajstić information content (AvgIpc) is 3.68. The van der Waals surface area contributed by atoms with Crippen LogP contribution in [-0.4, -0.2) is 41.8 Å². The Kier molecular flexibility index (Phi) is 9.40. The second-order valence-corrected chi connectivity index (χ2v) is 16.2. The number of esters is 2. The number of benzene rings is 3. The summed E-state index contributed by atoms with van der Waals surface area (Å²) in [7, 11) is 0. The van der Waals surface area contributed by atoms with Gasteiger partial charge in [0.05, 0.1) is 11.0 Å². The van der Waals surface area contributed by atoms with E-state index in [1.807, 2.05) is 48.5 Å². The normalized spacial score (nSPS) is 28.3. The van der Waals surface area contributed by atoms with Crippen LogP contribution in [0.5, 0.6) is 5.75 Å². The van der Waals surface area contributed by atoms with Crippen LogP contribution < -0.4 is 5.32 Å². The maximum atomic E-state index is 14.6. The molecular weight excluding hydrogens is 675 g/mol. The van der Waals surface area contributed by atoms with E-state index in [9.17, 15) is 19.8 Å². The van der Waals surface area contributed by atoms with Gasteiger partial charge in [-0.3, -0.25) is 0 Å². The number of rotatable bonds is 10. The molecule has 7 heteroatoms. The van der Waals surface area contributed by atoms with Crippen LogP contribution in [0.2, 0.25) is 0 Å². The zero-order valence-corrected chi connectivity index (χ0v) is 30.8. The predicted octanol–water partition coefficient (Wildman–Crippen LogP) is 8.45. The van der Waals surface area contributed by atoms with Crippen molar-refractivity contribution < 1.29 is 29.3 Å². The number of nitrogens with one attached hydrogen (secondary N) is 1. The van der Waals surface area contributed by atoms with Crippen molar-refractivity contribution in [3.63, 3.8) is 0 Å². The van der Waals surface area contributed by atoms with Gasteiger partial charge in [0.25, 0.3) is 0 Å². The molecule has 7 nitrogen and oxygen atoms in total.